The molecular weight excluding hydrogens is 374 g/mol. The van der Waals surface area contributed by atoms with Gasteiger partial charge in [-0.15, -0.1) is 11.3 Å². The van der Waals surface area contributed by atoms with Gasteiger partial charge in [0, 0.05) is 5.69 Å². The molecule has 0 saturated carbocycles. The summed E-state index contributed by atoms with van der Waals surface area (Å²) in [4.78, 5) is 0. The van der Waals surface area contributed by atoms with Crippen LogP contribution in [0.15, 0.2) is 38.3 Å². The van der Waals surface area contributed by atoms with E-state index in [1.807, 2.05) is 0 Å². The predicted molar refractivity (Wildman–Crippen MR) is 80.8 cm³/mol. The van der Waals surface area contributed by atoms with Gasteiger partial charge in [0.2, 0.25) is 0 Å². The van der Waals surface area contributed by atoms with Gasteiger partial charge in [0.1, 0.15) is 9.96 Å². The highest BCUT2D eigenvalue weighted by molar-refractivity contribution is 9.11. The van der Waals surface area contributed by atoms with Crippen molar-refractivity contribution in [3.05, 3.63) is 39.1 Å². The first-order valence-electron chi connectivity index (χ1n) is 5.04. The molecule has 8 heteroatoms. The molecule has 1 aromatic carbocycles. The lowest BCUT2D eigenvalue weighted by atomic mass is 10.3. The number of anilines is 1. The number of hydrogen-bond acceptors (Lipinski definition) is 4. The molecule has 0 atom stereocenters. The highest BCUT2D eigenvalue weighted by Crippen LogP contribution is 2.35. The Labute approximate surface area is 128 Å². The Morgan fingerprint density at radius 3 is 2.42 bits per heavy atom. The van der Waals surface area contributed by atoms with Crippen LogP contribution in [0.5, 0.6) is 5.75 Å². The number of ether oxygens (including phenoxy) is 1. The first kappa shape index (κ1) is 14.6. The van der Waals surface area contributed by atoms with Crippen LogP contribution in [0.4, 0.5) is 5.69 Å². The second-order valence-corrected chi connectivity index (χ2v) is 8.21. The van der Waals surface area contributed by atoms with Crippen molar-refractivity contribution >= 4 is 54.6 Å². The summed E-state index contributed by atoms with van der Waals surface area (Å²) in [5, 5.41) is 0.375. The van der Waals surface area contributed by atoms with Crippen LogP contribution in [0.1, 0.15) is 0 Å². The molecule has 0 aliphatic rings. The van der Waals surface area contributed by atoms with Crippen molar-refractivity contribution in [1.82, 2.24) is 0 Å². The lowest BCUT2D eigenvalue weighted by molar-refractivity contribution is 0.415. The summed E-state index contributed by atoms with van der Waals surface area (Å²) >= 11 is 10.1. The van der Waals surface area contributed by atoms with Crippen LogP contribution < -0.4 is 9.46 Å². The number of sulfonamides is 1. The molecule has 0 saturated heterocycles. The molecule has 1 N–H and O–H groups in total. The topological polar surface area (TPSA) is 55.4 Å². The molecule has 0 radical (unpaired) electrons. The minimum atomic E-state index is -3.62. The fourth-order valence-electron chi connectivity index (χ4n) is 1.32. The number of hydrogen-bond donors (Lipinski definition) is 1. The van der Waals surface area contributed by atoms with Crippen molar-refractivity contribution in [3.63, 3.8) is 0 Å². The Hall–Kier alpha value is -0.760. The maximum Gasteiger partial charge on any atom is 0.271 e. The third-order valence-electron chi connectivity index (χ3n) is 2.23. The number of halogens is 2. The van der Waals surface area contributed by atoms with Gasteiger partial charge in [0.25, 0.3) is 10.0 Å². The molecule has 0 aliphatic carbocycles. The number of rotatable bonds is 4. The van der Waals surface area contributed by atoms with E-state index in [-0.39, 0.29) is 4.21 Å². The quantitative estimate of drug-likeness (QED) is 0.870. The number of nitrogens with one attached hydrogen (secondary N) is 1. The standard InChI is InChI=1S/C11H9BrClNO3S2/c1-17-8-4-2-7(3-5-8)14-19(15,16)10-6-9(13)11(12)18-10/h2-6,14H,1H3. The van der Waals surface area contributed by atoms with Gasteiger partial charge in [-0.05, 0) is 46.3 Å². The maximum absolute atomic E-state index is 12.1. The Balaban J connectivity index is 2.25. The van der Waals surface area contributed by atoms with Crippen molar-refractivity contribution < 1.29 is 13.2 Å². The Morgan fingerprint density at radius 2 is 1.95 bits per heavy atom. The van der Waals surface area contributed by atoms with Crippen LogP contribution in [0.25, 0.3) is 0 Å². The lowest BCUT2D eigenvalue weighted by Crippen LogP contribution is -2.11. The van der Waals surface area contributed by atoms with E-state index in [2.05, 4.69) is 20.7 Å². The van der Waals surface area contributed by atoms with E-state index in [1.54, 1.807) is 31.4 Å². The van der Waals surface area contributed by atoms with Crippen LogP contribution in [0, 0.1) is 0 Å². The predicted octanol–water partition coefficient (Wildman–Crippen LogP) is 3.97. The third-order valence-corrected chi connectivity index (χ3v) is 6.56. The summed E-state index contributed by atoms with van der Waals surface area (Å²) in [5.74, 6) is 0.657. The minimum absolute atomic E-state index is 0.153. The first-order chi connectivity index (χ1) is 8.92. The average Bonchev–Trinajstić information content (AvgIpc) is 2.71. The third kappa shape index (κ3) is 3.42. The Bertz CT molecular complexity index is 663. The van der Waals surface area contributed by atoms with Gasteiger partial charge in [0.05, 0.1) is 15.9 Å². The smallest absolute Gasteiger partial charge is 0.271 e. The second-order valence-electron chi connectivity index (χ2n) is 3.52. The molecule has 0 spiro atoms. The van der Waals surface area contributed by atoms with Crippen molar-refractivity contribution in [2.45, 2.75) is 4.21 Å². The number of methoxy groups -OCH3 is 1. The fourth-order valence-corrected chi connectivity index (χ4v) is 4.78. The molecule has 2 aromatic rings. The van der Waals surface area contributed by atoms with E-state index in [9.17, 15) is 8.42 Å². The van der Waals surface area contributed by atoms with E-state index < -0.39 is 10.0 Å². The molecule has 0 aliphatic heterocycles. The minimum Gasteiger partial charge on any atom is -0.497 e. The van der Waals surface area contributed by atoms with Gasteiger partial charge in [-0.3, -0.25) is 4.72 Å². The number of benzene rings is 1. The molecule has 0 fully saturated rings. The van der Waals surface area contributed by atoms with Crippen LogP contribution in [-0.4, -0.2) is 15.5 Å². The van der Waals surface area contributed by atoms with Crippen LogP contribution in [-0.2, 0) is 10.0 Å². The fraction of sp³-hybridized carbons (Fsp3) is 0.0909. The summed E-state index contributed by atoms with van der Waals surface area (Å²) in [5.41, 5.74) is 0.460. The normalized spacial score (nSPS) is 11.3. The maximum atomic E-state index is 12.1. The summed E-state index contributed by atoms with van der Waals surface area (Å²) < 4.78 is 32.4. The highest BCUT2D eigenvalue weighted by atomic mass is 79.9. The average molecular weight is 383 g/mol. The van der Waals surface area contributed by atoms with Crippen molar-refractivity contribution in [3.8, 4) is 5.75 Å². The van der Waals surface area contributed by atoms with Crippen LogP contribution >= 0.6 is 38.9 Å². The van der Waals surface area contributed by atoms with E-state index in [0.29, 0.717) is 20.2 Å². The van der Waals surface area contributed by atoms with E-state index in [4.69, 9.17) is 16.3 Å². The van der Waals surface area contributed by atoms with Crippen LogP contribution in [0.3, 0.4) is 0 Å². The molecule has 0 bridgehead atoms. The Morgan fingerprint density at radius 1 is 1.32 bits per heavy atom. The largest absolute Gasteiger partial charge is 0.497 e. The van der Waals surface area contributed by atoms with Crippen molar-refractivity contribution in [2.24, 2.45) is 0 Å². The van der Waals surface area contributed by atoms with Gasteiger partial charge in [-0.2, -0.15) is 0 Å². The van der Waals surface area contributed by atoms with E-state index >= 15 is 0 Å². The molecular formula is C11H9BrClNO3S2. The first-order valence-corrected chi connectivity index (χ1v) is 8.51. The Kier molecular flexibility index (Phi) is 4.39. The van der Waals surface area contributed by atoms with Crippen molar-refractivity contribution in [2.75, 3.05) is 11.8 Å². The molecule has 1 heterocycles. The van der Waals surface area contributed by atoms with Gasteiger partial charge >= 0.3 is 0 Å². The number of thiophene rings is 1. The molecule has 1 aromatic heterocycles. The molecule has 0 unspecified atom stereocenters. The van der Waals surface area contributed by atoms with Crippen LogP contribution in [0.2, 0.25) is 5.02 Å². The second kappa shape index (κ2) is 5.70. The highest BCUT2D eigenvalue weighted by Gasteiger charge is 2.19. The zero-order valence-corrected chi connectivity index (χ0v) is 13.7. The van der Waals surface area contributed by atoms with Gasteiger partial charge in [-0.1, -0.05) is 11.6 Å². The summed E-state index contributed by atoms with van der Waals surface area (Å²) in [6.07, 6.45) is 0. The summed E-state index contributed by atoms with van der Waals surface area (Å²) in [6.45, 7) is 0. The zero-order chi connectivity index (χ0) is 14.0. The molecule has 2 rings (SSSR count). The summed E-state index contributed by atoms with van der Waals surface area (Å²) in [7, 11) is -2.08. The molecule has 0 amide bonds. The van der Waals surface area contributed by atoms with Crippen molar-refractivity contribution in [1.29, 1.82) is 0 Å². The lowest BCUT2D eigenvalue weighted by Gasteiger charge is -2.06. The molecule has 19 heavy (non-hydrogen) atoms. The van der Waals surface area contributed by atoms with Gasteiger partial charge < -0.3 is 4.74 Å². The molecule has 4 nitrogen and oxygen atoms in total. The van der Waals surface area contributed by atoms with E-state index in [1.165, 1.54) is 6.07 Å². The monoisotopic (exact) mass is 381 g/mol. The van der Waals surface area contributed by atoms with Gasteiger partial charge in [0.15, 0.2) is 0 Å². The molecule has 102 valence electrons. The zero-order valence-electron chi connectivity index (χ0n) is 9.68. The summed E-state index contributed by atoms with van der Waals surface area (Å²) in [6, 6.07) is 8.01. The van der Waals surface area contributed by atoms with Gasteiger partial charge in [-0.25, -0.2) is 8.42 Å². The van der Waals surface area contributed by atoms with E-state index in [0.717, 1.165) is 11.3 Å². The SMILES string of the molecule is COc1ccc(NS(=O)(=O)c2cc(Cl)c(Br)s2)cc1.